The van der Waals surface area contributed by atoms with Gasteiger partial charge in [0.1, 0.15) is 12.0 Å². The van der Waals surface area contributed by atoms with Crippen LogP contribution < -0.4 is 0 Å². The molecule has 0 aliphatic heterocycles. The summed E-state index contributed by atoms with van der Waals surface area (Å²) >= 11 is 0. The van der Waals surface area contributed by atoms with Crippen molar-refractivity contribution >= 4 is 11.8 Å². The topological polar surface area (TPSA) is 52.6 Å². The number of ether oxygens (including phenoxy) is 2. The van der Waals surface area contributed by atoms with Crippen molar-refractivity contribution in [2.45, 2.75) is 46.5 Å². The Morgan fingerprint density at radius 2 is 1.83 bits per heavy atom. The van der Waals surface area contributed by atoms with Gasteiger partial charge in [0, 0.05) is 6.61 Å². The van der Waals surface area contributed by atoms with Crippen LogP contribution in [0.3, 0.4) is 0 Å². The van der Waals surface area contributed by atoms with E-state index in [2.05, 4.69) is 0 Å². The summed E-state index contributed by atoms with van der Waals surface area (Å²) in [7, 11) is 0. The van der Waals surface area contributed by atoms with Crippen molar-refractivity contribution in [2.24, 2.45) is 11.3 Å². The molecule has 4 nitrogen and oxygen atoms in total. The molecule has 1 aliphatic carbocycles. The molecule has 0 N–H and O–H groups in total. The number of ketones is 1. The van der Waals surface area contributed by atoms with Crippen LogP contribution in [0.4, 0.5) is 0 Å². The summed E-state index contributed by atoms with van der Waals surface area (Å²) in [6, 6.07) is 0. The van der Waals surface area contributed by atoms with Crippen LogP contribution in [0.15, 0.2) is 0 Å². The fraction of sp³-hybridized carbons (Fsp3) is 0.857. The summed E-state index contributed by atoms with van der Waals surface area (Å²) in [5.74, 6) is -0.0954. The Labute approximate surface area is 109 Å². The van der Waals surface area contributed by atoms with Crippen molar-refractivity contribution < 1.29 is 19.1 Å². The number of Topliss-reactive ketones (excluding diaryl/α,β-unsaturated/α-hetero) is 1. The normalized spacial score (nSPS) is 16.8. The maximum absolute atomic E-state index is 11.9. The van der Waals surface area contributed by atoms with Crippen LogP contribution in [-0.2, 0) is 19.1 Å². The van der Waals surface area contributed by atoms with Gasteiger partial charge in [-0.15, -0.1) is 0 Å². The highest BCUT2D eigenvalue weighted by atomic mass is 16.5. The third-order valence-electron chi connectivity index (χ3n) is 3.54. The molecule has 1 rings (SSSR count). The molecule has 0 heterocycles. The minimum atomic E-state index is -1.11. The van der Waals surface area contributed by atoms with Crippen molar-refractivity contribution in [3.8, 4) is 0 Å². The van der Waals surface area contributed by atoms with Crippen LogP contribution in [0.1, 0.15) is 46.5 Å². The Morgan fingerprint density at radius 3 is 2.39 bits per heavy atom. The number of carbonyl (C=O) groups is 2. The molecule has 0 aromatic heterocycles. The van der Waals surface area contributed by atoms with E-state index in [0.29, 0.717) is 19.1 Å². The fourth-order valence-corrected chi connectivity index (χ4v) is 2.10. The Hall–Kier alpha value is -0.900. The van der Waals surface area contributed by atoms with Gasteiger partial charge in [-0.2, -0.15) is 0 Å². The van der Waals surface area contributed by atoms with Gasteiger partial charge in [0.25, 0.3) is 0 Å². The highest BCUT2D eigenvalue weighted by Crippen LogP contribution is 2.25. The van der Waals surface area contributed by atoms with Crippen LogP contribution >= 0.6 is 0 Å². The van der Waals surface area contributed by atoms with Gasteiger partial charge >= 0.3 is 5.97 Å². The molecule has 0 unspecified atom stereocenters. The summed E-state index contributed by atoms with van der Waals surface area (Å²) in [6.45, 7) is 5.83. The minimum absolute atomic E-state index is 0.00230. The Bertz CT molecular complexity index is 290. The zero-order valence-electron chi connectivity index (χ0n) is 11.7. The van der Waals surface area contributed by atoms with Gasteiger partial charge in [0.05, 0.1) is 6.61 Å². The minimum Gasteiger partial charge on any atom is -0.465 e. The summed E-state index contributed by atoms with van der Waals surface area (Å²) in [4.78, 5) is 23.6. The van der Waals surface area contributed by atoms with Gasteiger partial charge in [-0.1, -0.05) is 12.8 Å². The Balaban J connectivity index is 2.31. The lowest BCUT2D eigenvalue weighted by molar-refractivity contribution is -0.159. The van der Waals surface area contributed by atoms with Gasteiger partial charge in [-0.05, 0) is 39.5 Å². The largest absolute Gasteiger partial charge is 0.465 e. The Morgan fingerprint density at radius 1 is 1.22 bits per heavy atom. The van der Waals surface area contributed by atoms with Gasteiger partial charge in [0.2, 0.25) is 0 Å². The molecule has 0 spiro atoms. The lowest BCUT2D eigenvalue weighted by atomic mass is 9.88. The molecule has 1 saturated carbocycles. The SMILES string of the molecule is CCOC(=O)C(C)(C)C(=O)COCC1CCCC1. The first-order valence-electron chi connectivity index (χ1n) is 6.76. The molecule has 4 heteroatoms. The fourth-order valence-electron chi connectivity index (χ4n) is 2.10. The quantitative estimate of drug-likeness (QED) is 0.518. The van der Waals surface area contributed by atoms with Crippen LogP contribution in [0, 0.1) is 11.3 Å². The van der Waals surface area contributed by atoms with Crippen LogP contribution in [0.5, 0.6) is 0 Å². The second-order valence-electron chi connectivity index (χ2n) is 5.43. The van der Waals surface area contributed by atoms with Crippen molar-refractivity contribution in [1.82, 2.24) is 0 Å². The van der Waals surface area contributed by atoms with E-state index in [-0.39, 0.29) is 12.4 Å². The number of esters is 1. The van der Waals surface area contributed by atoms with Gasteiger partial charge < -0.3 is 9.47 Å². The second-order valence-corrected chi connectivity index (χ2v) is 5.43. The molecular weight excluding hydrogens is 232 g/mol. The summed E-state index contributed by atoms with van der Waals surface area (Å²) in [6.07, 6.45) is 4.90. The molecule has 0 aromatic rings. The molecule has 0 amide bonds. The van der Waals surface area contributed by atoms with E-state index in [0.717, 1.165) is 0 Å². The average Bonchev–Trinajstić information content (AvgIpc) is 2.82. The third-order valence-corrected chi connectivity index (χ3v) is 3.54. The van der Waals surface area contributed by atoms with E-state index in [1.165, 1.54) is 25.7 Å². The maximum atomic E-state index is 11.9. The lowest BCUT2D eigenvalue weighted by Gasteiger charge is -2.21. The van der Waals surface area contributed by atoms with Crippen molar-refractivity contribution in [3.05, 3.63) is 0 Å². The molecular formula is C14H24O4. The van der Waals surface area contributed by atoms with Crippen LogP contribution in [-0.4, -0.2) is 31.6 Å². The molecule has 0 aromatic carbocycles. The smallest absolute Gasteiger partial charge is 0.319 e. The van der Waals surface area contributed by atoms with Gasteiger partial charge in [0.15, 0.2) is 5.78 Å². The predicted molar refractivity (Wildman–Crippen MR) is 68.2 cm³/mol. The predicted octanol–water partition coefficient (Wildman–Crippen LogP) is 2.35. The third kappa shape index (κ3) is 4.09. The number of carbonyl (C=O) groups excluding carboxylic acids is 2. The first-order chi connectivity index (χ1) is 8.48. The molecule has 1 aliphatic rings. The van der Waals surface area contributed by atoms with E-state index in [1.54, 1.807) is 20.8 Å². The van der Waals surface area contributed by atoms with E-state index < -0.39 is 11.4 Å². The van der Waals surface area contributed by atoms with E-state index in [1.807, 2.05) is 0 Å². The number of rotatable bonds is 7. The zero-order valence-corrected chi connectivity index (χ0v) is 11.7. The summed E-state index contributed by atoms with van der Waals surface area (Å²) < 4.78 is 10.3. The summed E-state index contributed by atoms with van der Waals surface area (Å²) in [5, 5.41) is 0. The van der Waals surface area contributed by atoms with Crippen molar-refractivity contribution in [1.29, 1.82) is 0 Å². The zero-order chi connectivity index (χ0) is 13.6. The molecule has 0 bridgehead atoms. The molecule has 18 heavy (non-hydrogen) atoms. The molecule has 0 saturated heterocycles. The molecule has 104 valence electrons. The highest BCUT2D eigenvalue weighted by Gasteiger charge is 2.37. The summed E-state index contributed by atoms with van der Waals surface area (Å²) in [5.41, 5.74) is -1.11. The maximum Gasteiger partial charge on any atom is 0.319 e. The van der Waals surface area contributed by atoms with E-state index in [4.69, 9.17) is 9.47 Å². The number of hydrogen-bond donors (Lipinski definition) is 0. The van der Waals surface area contributed by atoms with Gasteiger partial charge in [-0.25, -0.2) is 0 Å². The first kappa shape index (κ1) is 15.2. The molecule has 0 atom stereocenters. The van der Waals surface area contributed by atoms with Crippen LogP contribution in [0.2, 0.25) is 0 Å². The second kappa shape index (κ2) is 6.88. The lowest BCUT2D eigenvalue weighted by Crippen LogP contribution is -2.37. The van der Waals surface area contributed by atoms with E-state index in [9.17, 15) is 9.59 Å². The molecule has 0 radical (unpaired) electrons. The standard InChI is InChI=1S/C14H24O4/c1-4-18-13(16)14(2,3)12(15)10-17-9-11-7-5-6-8-11/h11H,4-10H2,1-3H3. The van der Waals surface area contributed by atoms with Crippen LogP contribution in [0.25, 0.3) is 0 Å². The van der Waals surface area contributed by atoms with Crippen molar-refractivity contribution in [3.63, 3.8) is 0 Å². The number of hydrogen-bond acceptors (Lipinski definition) is 4. The monoisotopic (exact) mass is 256 g/mol. The first-order valence-corrected chi connectivity index (χ1v) is 6.76. The van der Waals surface area contributed by atoms with E-state index >= 15 is 0 Å². The highest BCUT2D eigenvalue weighted by molar-refractivity contribution is 6.03. The Kier molecular flexibility index (Phi) is 5.79. The van der Waals surface area contributed by atoms with Crippen molar-refractivity contribution in [2.75, 3.05) is 19.8 Å². The van der Waals surface area contributed by atoms with Gasteiger partial charge in [-0.3, -0.25) is 9.59 Å². The molecule has 1 fully saturated rings. The average molecular weight is 256 g/mol.